The summed E-state index contributed by atoms with van der Waals surface area (Å²) in [5, 5.41) is 6.95. The van der Waals surface area contributed by atoms with Crippen molar-refractivity contribution in [3.63, 3.8) is 0 Å². The largest absolute Gasteiger partial charge is 0.350 e. The summed E-state index contributed by atoms with van der Waals surface area (Å²) in [7, 11) is 0. The van der Waals surface area contributed by atoms with E-state index in [0.29, 0.717) is 12.8 Å². The van der Waals surface area contributed by atoms with Crippen molar-refractivity contribution in [2.75, 3.05) is 5.32 Å². The smallest absolute Gasteiger partial charge is 0.227 e. The number of amides is 2. The molecule has 1 unspecified atom stereocenters. The first kappa shape index (κ1) is 18.6. The predicted molar refractivity (Wildman–Crippen MR) is 112 cm³/mol. The quantitative estimate of drug-likeness (QED) is 0.623. The van der Waals surface area contributed by atoms with Gasteiger partial charge < -0.3 is 10.6 Å². The minimum atomic E-state index is -0.0870. The first-order valence-electron chi connectivity index (χ1n) is 9.63. The van der Waals surface area contributed by atoms with Gasteiger partial charge in [-0.25, -0.2) is 4.98 Å². The lowest BCUT2D eigenvalue weighted by molar-refractivity contribution is -0.121. The second-order valence-corrected chi connectivity index (χ2v) is 8.37. The molecule has 0 saturated heterocycles. The number of para-hydroxylation sites is 1. The van der Waals surface area contributed by atoms with E-state index in [1.165, 1.54) is 0 Å². The molecule has 1 saturated carbocycles. The SMILES string of the molecule is CC(NC(=O)CCc1nc2ccccc2s1)c1ccc(NC(=O)C2CC2)cc1. The van der Waals surface area contributed by atoms with Gasteiger partial charge in [-0.15, -0.1) is 11.3 Å². The van der Waals surface area contributed by atoms with Crippen LogP contribution in [-0.4, -0.2) is 16.8 Å². The summed E-state index contributed by atoms with van der Waals surface area (Å²) >= 11 is 1.64. The number of hydrogen-bond donors (Lipinski definition) is 2. The molecule has 0 radical (unpaired) electrons. The third-order valence-corrected chi connectivity index (χ3v) is 6.00. The number of aryl methyl sites for hydroxylation is 1. The van der Waals surface area contributed by atoms with E-state index in [1.807, 2.05) is 49.4 Å². The molecule has 5 nitrogen and oxygen atoms in total. The Morgan fingerprint density at radius 1 is 1.14 bits per heavy atom. The second-order valence-electron chi connectivity index (χ2n) is 7.25. The zero-order valence-electron chi connectivity index (χ0n) is 15.8. The van der Waals surface area contributed by atoms with E-state index in [0.717, 1.165) is 39.3 Å². The van der Waals surface area contributed by atoms with Gasteiger partial charge >= 0.3 is 0 Å². The number of fused-ring (bicyclic) bond motifs is 1. The fourth-order valence-corrected chi connectivity index (χ4v) is 4.06. The van der Waals surface area contributed by atoms with Crippen molar-refractivity contribution in [2.24, 2.45) is 5.92 Å². The van der Waals surface area contributed by atoms with Gasteiger partial charge in [0.05, 0.1) is 21.3 Å². The number of thiazole rings is 1. The number of hydrogen-bond acceptors (Lipinski definition) is 4. The zero-order chi connectivity index (χ0) is 19.5. The molecule has 1 aliphatic rings. The highest BCUT2D eigenvalue weighted by Crippen LogP contribution is 2.30. The molecule has 28 heavy (non-hydrogen) atoms. The number of carbonyl (C=O) groups excluding carboxylic acids is 2. The zero-order valence-corrected chi connectivity index (χ0v) is 16.6. The minimum absolute atomic E-state index is 0.0119. The normalized spacial score (nSPS) is 14.6. The highest BCUT2D eigenvalue weighted by Gasteiger charge is 2.29. The molecule has 2 aromatic carbocycles. The molecule has 2 N–H and O–H groups in total. The van der Waals surface area contributed by atoms with Crippen molar-refractivity contribution in [1.29, 1.82) is 0 Å². The van der Waals surface area contributed by atoms with Crippen LogP contribution in [0, 0.1) is 5.92 Å². The van der Waals surface area contributed by atoms with Crippen LogP contribution in [0.3, 0.4) is 0 Å². The van der Waals surface area contributed by atoms with Crippen LogP contribution in [0.25, 0.3) is 10.2 Å². The molecule has 4 rings (SSSR count). The van der Waals surface area contributed by atoms with Crippen molar-refractivity contribution in [3.8, 4) is 0 Å². The van der Waals surface area contributed by atoms with Gasteiger partial charge in [-0.2, -0.15) is 0 Å². The summed E-state index contributed by atoms with van der Waals surface area (Å²) < 4.78 is 1.15. The number of nitrogens with zero attached hydrogens (tertiary/aromatic N) is 1. The Kier molecular flexibility index (Phi) is 5.39. The van der Waals surface area contributed by atoms with Crippen LogP contribution in [-0.2, 0) is 16.0 Å². The third-order valence-electron chi connectivity index (χ3n) is 4.91. The Morgan fingerprint density at radius 2 is 1.89 bits per heavy atom. The number of carbonyl (C=O) groups is 2. The monoisotopic (exact) mass is 393 g/mol. The van der Waals surface area contributed by atoms with Crippen molar-refractivity contribution in [2.45, 2.75) is 38.6 Å². The Hall–Kier alpha value is -2.73. The summed E-state index contributed by atoms with van der Waals surface area (Å²) in [4.78, 5) is 28.7. The topological polar surface area (TPSA) is 71.1 Å². The van der Waals surface area contributed by atoms with Gasteiger partial charge in [0.15, 0.2) is 0 Å². The van der Waals surface area contributed by atoms with Crippen molar-refractivity contribution >= 4 is 39.1 Å². The van der Waals surface area contributed by atoms with Gasteiger partial charge in [0.2, 0.25) is 11.8 Å². The summed E-state index contributed by atoms with van der Waals surface area (Å²) in [5.74, 6) is 0.301. The maximum Gasteiger partial charge on any atom is 0.227 e. The molecule has 0 aliphatic heterocycles. The third kappa shape index (κ3) is 4.57. The van der Waals surface area contributed by atoms with E-state index in [2.05, 4.69) is 21.7 Å². The summed E-state index contributed by atoms with van der Waals surface area (Å²) in [6.07, 6.45) is 3.04. The van der Waals surface area contributed by atoms with E-state index < -0.39 is 0 Å². The maximum atomic E-state index is 12.3. The minimum Gasteiger partial charge on any atom is -0.350 e. The van der Waals surface area contributed by atoms with E-state index in [9.17, 15) is 9.59 Å². The number of benzene rings is 2. The summed E-state index contributed by atoms with van der Waals surface area (Å²) in [5.41, 5.74) is 2.80. The van der Waals surface area contributed by atoms with Crippen LogP contribution >= 0.6 is 11.3 Å². The Morgan fingerprint density at radius 3 is 2.61 bits per heavy atom. The van der Waals surface area contributed by atoms with Crippen LogP contribution in [0.5, 0.6) is 0 Å². The lowest BCUT2D eigenvalue weighted by atomic mass is 10.1. The molecular weight excluding hydrogens is 370 g/mol. The van der Waals surface area contributed by atoms with E-state index >= 15 is 0 Å². The van der Waals surface area contributed by atoms with Gasteiger partial charge in [0.1, 0.15) is 0 Å². The second kappa shape index (κ2) is 8.10. The van der Waals surface area contributed by atoms with E-state index in [1.54, 1.807) is 11.3 Å². The van der Waals surface area contributed by atoms with E-state index in [4.69, 9.17) is 0 Å². The van der Waals surface area contributed by atoms with Crippen LogP contribution in [0.15, 0.2) is 48.5 Å². The molecule has 1 aliphatic carbocycles. The molecule has 2 amide bonds. The average molecular weight is 394 g/mol. The average Bonchev–Trinajstić information content (AvgIpc) is 3.46. The summed E-state index contributed by atoms with van der Waals surface area (Å²) in [6.45, 7) is 1.97. The number of nitrogens with one attached hydrogen (secondary N) is 2. The first-order chi connectivity index (χ1) is 13.6. The molecular formula is C22H23N3O2S. The van der Waals surface area contributed by atoms with Crippen LogP contribution in [0.1, 0.15) is 42.8 Å². The van der Waals surface area contributed by atoms with E-state index in [-0.39, 0.29) is 23.8 Å². The molecule has 1 aromatic heterocycles. The van der Waals surface area contributed by atoms with Crippen LogP contribution in [0.2, 0.25) is 0 Å². The molecule has 6 heteroatoms. The highest BCUT2D eigenvalue weighted by molar-refractivity contribution is 7.18. The van der Waals surface area contributed by atoms with Crippen LogP contribution < -0.4 is 10.6 Å². The Bertz CT molecular complexity index is 959. The standard InChI is InChI=1S/C22H23N3O2S/c1-14(15-8-10-17(11-9-15)24-22(27)16-6-7-16)23-20(26)12-13-21-25-18-4-2-3-5-19(18)28-21/h2-5,8-11,14,16H,6-7,12-13H2,1H3,(H,23,26)(H,24,27). The molecule has 0 bridgehead atoms. The molecule has 0 spiro atoms. The summed E-state index contributed by atoms with van der Waals surface area (Å²) in [6, 6.07) is 15.6. The maximum absolute atomic E-state index is 12.3. The fraction of sp³-hybridized carbons (Fsp3) is 0.318. The Labute approximate surface area is 168 Å². The fourth-order valence-electron chi connectivity index (χ4n) is 3.09. The van der Waals surface area contributed by atoms with Crippen molar-refractivity contribution < 1.29 is 9.59 Å². The van der Waals surface area contributed by atoms with Gasteiger partial charge in [-0.3, -0.25) is 9.59 Å². The number of anilines is 1. The molecule has 1 atom stereocenters. The molecule has 3 aromatic rings. The van der Waals surface area contributed by atoms with Crippen molar-refractivity contribution in [3.05, 3.63) is 59.1 Å². The molecule has 144 valence electrons. The highest BCUT2D eigenvalue weighted by atomic mass is 32.1. The lowest BCUT2D eigenvalue weighted by Crippen LogP contribution is -2.26. The Balaban J connectivity index is 1.28. The van der Waals surface area contributed by atoms with Gasteiger partial charge in [0, 0.05) is 24.4 Å². The van der Waals surface area contributed by atoms with Gasteiger partial charge in [-0.05, 0) is 49.6 Å². The lowest BCUT2D eigenvalue weighted by Gasteiger charge is -2.15. The van der Waals surface area contributed by atoms with Crippen LogP contribution in [0.4, 0.5) is 5.69 Å². The van der Waals surface area contributed by atoms with Gasteiger partial charge in [0.25, 0.3) is 0 Å². The number of aromatic nitrogens is 1. The molecule has 1 heterocycles. The predicted octanol–water partition coefficient (Wildman–Crippen LogP) is 4.45. The molecule has 1 fully saturated rings. The van der Waals surface area contributed by atoms with Gasteiger partial charge in [-0.1, -0.05) is 24.3 Å². The first-order valence-corrected chi connectivity index (χ1v) is 10.4. The number of rotatable bonds is 7. The van der Waals surface area contributed by atoms with Crippen molar-refractivity contribution in [1.82, 2.24) is 10.3 Å².